The van der Waals surface area contributed by atoms with Crippen molar-refractivity contribution in [2.45, 2.75) is 6.42 Å². The second-order valence-corrected chi connectivity index (χ2v) is 9.00. The summed E-state index contributed by atoms with van der Waals surface area (Å²) < 4.78 is 12.9. The average molecular weight is 488 g/mol. The lowest BCUT2D eigenvalue weighted by Gasteiger charge is -2.30. The number of hydrogen-bond donors (Lipinski definition) is 1. The van der Waals surface area contributed by atoms with E-state index in [1.807, 2.05) is 31.6 Å². The summed E-state index contributed by atoms with van der Waals surface area (Å²) in [6.07, 6.45) is 6.59. The maximum atomic E-state index is 5.57. The van der Waals surface area contributed by atoms with Gasteiger partial charge in [0.25, 0.3) is 0 Å². The molecule has 36 heavy (non-hydrogen) atoms. The first kappa shape index (κ1) is 24.0. The Kier molecular flexibility index (Phi) is 7.29. The average Bonchev–Trinajstić information content (AvgIpc) is 3.37. The summed E-state index contributed by atoms with van der Waals surface area (Å²) >= 11 is 0. The summed E-state index contributed by atoms with van der Waals surface area (Å²) in [7, 11) is 5.26. The Labute approximate surface area is 211 Å². The largest absolute Gasteiger partial charge is 0.497 e. The molecule has 1 fully saturated rings. The maximum Gasteiger partial charge on any atom is 0.124 e. The molecule has 1 N–H and O–H groups in total. The van der Waals surface area contributed by atoms with E-state index >= 15 is 0 Å². The van der Waals surface area contributed by atoms with Crippen molar-refractivity contribution in [2.75, 3.05) is 58.4 Å². The maximum absolute atomic E-state index is 5.57. The first-order valence-electron chi connectivity index (χ1n) is 12.3. The van der Waals surface area contributed by atoms with Crippen LogP contribution in [0.2, 0.25) is 0 Å². The van der Waals surface area contributed by atoms with E-state index in [4.69, 9.17) is 14.5 Å². The number of piperazine rings is 1. The van der Waals surface area contributed by atoms with E-state index < -0.39 is 0 Å². The van der Waals surface area contributed by atoms with Gasteiger partial charge >= 0.3 is 0 Å². The predicted molar refractivity (Wildman–Crippen MR) is 142 cm³/mol. The van der Waals surface area contributed by atoms with Gasteiger partial charge in [0, 0.05) is 81.1 Å². The number of nitrogens with zero attached hydrogens (tertiary/aromatic N) is 6. The Hall–Kier alpha value is -3.69. The Morgan fingerprint density at radius 3 is 2.42 bits per heavy atom. The number of nitrogens with one attached hydrogen (secondary N) is 1. The number of fused-ring (bicyclic) bond motifs is 1. The second kappa shape index (κ2) is 10.9. The van der Waals surface area contributed by atoms with Gasteiger partial charge in [-0.15, -0.1) is 0 Å². The van der Waals surface area contributed by atoms with Gasteiger partial charge in [0.15, 0.2) is 0 Å². The molecule has 0 amide bonds. The van der Waals surface area contributed by atoms with Gasteiger partial charge in [0.1, 0.15) is 11.5 Å². The number of aryl methyl sites for hydroxylation is 1. The molecule has 0 aliphatic carbocycles. The molecule has 188 valence electrons. The summed E-state index contributed by atoms with van der Waals surface area (Å²) in [6.45, 7) is 6.20. The Balaban J connectivity index is 1.48. The number of aromatic nitrogens is 4. The van der Waals surface area contributed by atoms with Gasteiger partial charge in [-0.05, 0) is 31.2 Å². The first-order chi connectivity index (χ1) is 17.6. The molecule has 0 bridgehead atoms. The number of benzene rings is 2. The molecule has 4 aromatic rings. The van der Waals surface area contributed by atoms with Crippen molar-refractivity contribution in [3.8, 4) is 22.8 Å². The molecule has 9 heteroatoms. The van der Waals surface area contributed by atoms with Crippen molar-refractivity contribution >= 4 is 22.4 Å². The minimum absolute atomic E-state index is 0.760. The standard InChI is InChI=1S/C27H33N7O2/c1-32-19-20(17-30-32)27-18-29-25-6-5-21(15-26(25)31-27)34(10-4-9-33-11-7-28-8-12-33)22-13-23(35-2)16-24(14-22)36-3/h5-6,13-19,28H,4,7-12H2,1-3H3. The van der Waals surface area contributed by atoms with Gasteiger partial charge in [0.2, 0.25) is 0 Å². The molecule has 1 saturated heterocycles. The molecule has 0 saturated carbocycles. The Morgan fingerprint density at radius 2 is 1.72 bits per heavy atom. The van der Waals surface area contributed by atoms with Crippen LogP contribution in [0.4, 0.5) is 11.4 Å². The molecule has 0 unspecified atom stereocenters. The van der Waals surface area contributed by atoms with Crippen molar-refractivity contribution < 1.29 is 9.47 Å². The fraction of sp³-hybridized carbons (Fsp3) is 0.370. The molecule has 2 aromatic carbocycles. The van der Waals surface area contributed by atoms with E-state index in [1.165, 1.54) is 0 Å². The van der Waals surface area contributed by atoms with Crippen molar-refractivity contribution in [2.24, 2.45) is 7.05 Å². The van der Waals surface area contributed by atoms with Crippen LogP contribution in [0.5, 0.6) is 11.5 Å². The highest BCUT2D eigenvalue weighted by molar-refractivity contribution is 5.82. The molecule has 3 heterocycles. The molecule has 9 nitrogen and oxygen atoms in total. The zero-order valence-electron chi connectivity index (χ0n) is 21.1. The van der Waals surface area contributed by atoms with E-state index in [2.05, 4.69) is 49.5 Å². The molecule has 0 spiro atoms. The third kappa shape index (κ3) is 5.42. The predicted octanol–water partition coefficient (Wildman–Crippen LogP) is 3.48. The third-order valence-electron chi connectivity index (χ3n) is 6.55. The summed E-state index contributed by atoms with van der Waals surface area (Å²) in [4.78, 5) is 14.4. The monoisotopic (exact) mass is 487 g/mol. The number of hydrogen-bond acceptors (Lipinski definition) is 8. The van der Waals surface area contributed by atoms with Crippen LogP contribution in [0.15, 0.2) is 55.0 Å². The number of ether oxygens (including phenoxy) is 2. The molecule has 1 aliphatic rings. The fourth-order valence-corrected chi connectivity index (χ4v) is 4.60. The van der Waals surface area contributed by atoms with E-state index in [0.717, 1.165) is 90.9 Å². The van der Waals surface area contributed by atoms with Crippen LogP contribution in [0.1, 0.15) is 6.42 Å². The normalized spacial score (nSPS) is 14.2. The summed E-state index contributed by atoms with van der Waals surface area (Å²) in [5.41, 5.74) is 5.52. The van der Waals surface area contributed by atoms with Crippen LogP contribution in [-0.4, -0.2) is 78.1 Å². The van der Waals surface area contributed by atoms with Crippen LogP contribution in [0, 0.1) is 0 Å². The van der Waals surface area contributed by atoms with Crippen molar-refractivity contribution in [1.82, 2.24) is 30.0 Å². The molecule has 0 radical (unpaired) electrons. The van der Waals surface area contributed by atoms with Crippen LogP contribution < -0.4 is 19.7 Å². The van der Waals surface area contributed by atoms with Gasteiger partial charge < -0.3 is 24.6 Å². The minimum Gasteiger partial charge on any atom is -0.497 e. The fourth-order valence-electron chi connectivity index (χ4n) is 4.60. The molecule has 0 atom stereocenters. The Bertz CT molecular complexity index is 1290. The van der Waals surface area contributed by atoms with Gasteiger partial charge in [-0.3, -0.25) is 9.67 Å². The molecule has 2 aromatic heterocycles. The van der Waals surface area contributed by atoms with Crippen molar-refractivity contribution in [3.63, 3.8) is 0 Å². The van der Waals surface area contributed by atoms with Crippen LogP contribution in [0.3, 0.4) is 0 Å². The highest BCUT2D eigenvalue weighted by atomic mass is 16.5. The molecule has 5 rings (SSSR count). The lowest BCUT2D eigenvalue weighted by molar-refractivity contribution is 0.240. The Morgan fingerprint density at radius 1 is 0.944 bits per heavy atom. The number of anilines is 2. The summed E-state index contributed by atoms with van der Waals surface area (Å²) in [5, 5.41) is 7.70. The zero-order valence-corrected chi connectivity index (χ0v) is 21.1. The molecular weight excluding hydrogens is 454 g/mol. The van der Waals surface area contributed by atoms with E-state index in [0.29, 0.717) is 0 Å². The van der Waals surface area contributed by atoms with Gasteiger partial charge in [0.05, 0.1) is 43.3 Å². The minimum atomic E-state index is 0.760. The quantitative estimate of drug-likeness (QED) is 0.384. The lowest BCUT2D eigenvalue weighted by Crippen LogP contribution is -2.44. The summed E-state index contributed by atoms with van der Waals surface area (Å²) in [5.74, 6) is 1.52. The topological polar surface area (TPSA) is 80.6 Å². The molecule has 1 aliphatic heterocycles. The van der Waals surface area contributed by atoms with E-state index in [9.17, 15) is 0 Å². The van der Waals surface area contributed by atoms with Gasteiger partial charge in [-0.1, -0.05) is 0 Å². The number of methoxy groups -OCH3 is 2. The van der Waals surface area contributed by atoms with E-state index in [1.54, 1.807) is 25.1 Å². The summed E-state index contributed by atoms with van der Waals surface area (Å²) in [6, 6.07) is 12.3. The highest BCUT2D eigenvalue weighted by Crippen LogP contribution is 2.34. The van der Waals surface area contributed by atoms with Crippen LogP contribution in [-0.2, 0) is 7.05 Å². The lowest BCUT2D eigenvalue weighted by atomic mass is 10.1. The highest BCUT2D eigenvalue weighted by Gasteiger charge is 2.16. The molecular formula is C27H33N7O2. The van der Waals surface area contributed by atoms with Gasteiger partial charge in [-0.25, -0.2) is 4.98 Å². The van der Waals surface area contributed by atoms with Gasteiger partial charge in [-0.2, -0.15) is 5.10 Å². The van der Waals surface area contributed by atoms with E-state index in [-0.39, 0.29) is 0 Å². The smallest absolute Gasteiger partial charge is 0.124 e. The van der Waals surface area contributed by atoms with Crippen molar-refractivity contribution in [1.29, 1.82) is 0 Å². The van der Waals surface area contributed by atoms with Crippen LogP contribution >= 0.6 is 0 Å². The van der Waals surface area contributed by atoms with Crippen LogP contribution in [0.25, 0.3) is 22.3 Å². The zero-order chi connectivity index (χ0) is 24.9. The SMILES string of the molecule is COc1cc(OC)cc(N(CCCN2CCNCC2)c2ccc3ncc(-c4cnn(C)c4)nc3c2)c1. The first-order valence-corrected chi connectivity index (χ1v) is 12.3. The second-order valence-electron chi connectivity index (χ2n) is 9.00. The van der Waals surface area contributed by atoms with Crippen molar-refractivity contribution in [3.05, 3.63) is 55.0 Å². The third-order valence-corrected chi connectivity index (χ3v) is 6.55. The number of rotatable bonds is 9.